The zero-order valence-electron chi connectivity index (χ0n) is 16.2. The van der Waals surface area contributed by atoms with Crippen molar-refractivity contribution < 1.29 is 9.53 Å². The molecule has 144 valence electrons. The second-order valence-electron chi connectivity index (χ2n) is 6.97. The van der Waals surface area contributed by atoms with Crippen LogP contribution in [0.25, 0.3) is 0 Å². The second-order valence-corrected chi connectivity index (χ2v) is 6.97. The number of carbonyl (C=O) groups excluding carboxylic acids is 1. The van der Waals surface area contributed by atoms with Crippen LogP contribution < -0.4 is 10.1 Å². The highest BCUT2D eigenvalue weighted by Gasteiger charge is 2.16. The van der Waals surface area contributed by atoms with E-state index in [1.54, 1.807) is 6.92 Å². The van der Waals surface area contributed by atoms with Gasteiger partial charge in [0.05, 0.1) is 0 Å². The van der Waals surface area contributed by atoms with Crippen LogP contribution in [0.4, 0.5) is 5.69 Å². The van der Waals surface area contributed by atoms with Crippen molar-refractivity contribution >= 4 is 11.6 Å². The highest BCUT2D eigenvalue weighted by atomic mass is 16.5. The highest BCUT2D eigenvalue weighted by Crippen LogP contribution is 2.15. The molecule has 1 aliphatic heterocycles. The van der Waals surface area contributed by atoms with Crippen LogP contribution in [0.5, 0.6) is 5.75 Å². The molecule has 0 aromatic heterocycles. The maximum absolute atomic E-state index is 12.3. The number of amides is 1. The molecule has 0 unspecified atom stereocenters. The van der Waals surface area contributed by atoms with Gasteiger partial charge in [0.15, 0.2) is 6.10 Å². The number of likely N-dealkylation sites (N-methyl/N-ethyl adjacent to an activating group) is 1. The third-order valence-corrected chi connectivity index (χ3v) is 4.97. The number of carbonyl (C=O) groups is 1. The Kier molecular flexibility index (Phi) is 6.85. The van der Waals surface area contributed by atoms with E-state index < -0.39 is 6.10 Å². The third-order valence-electron chi connectivity index (χ3n) is 4.97. The number of rotatable bonds is 7. The monoisotopic (exact) mass is 367 g/mol. The molecule has 0 aliphatic carbocycles. The molecule has 5 nitrogen and oxygen atoms in total. The molecule has 1 fully saturated rings. The van der Waals surface area contributed by atoms with Crippen LogP contribution in [-0.2, 0) is 11.3 Å². The minimum Gasteiger partial charge on any atom is -0.481 e. The fourth-order valence-corrected chi connectivity index (χ4v) is 3.22. The Hall–Kier alpha value is -2.37. The second kappa shape index (κ2) is 9.53. The molecule has 0 spiro atoms. The van der Waals surface area contributed by atoms with Crippen LogP contribution in [0.2, 0.25) is 0 Å². The summed E-state index contributed by atoms with van der Waals surface area (Å²) in [5, 5.41) is 2.92. The summed E-state index contributed by atoms with van der Waals surface area (Å²) in [6.07, 6.45) is -0.554. The number of nitrogens with one attached hydrogen (secondary N) is 1. The van der Waals surface area contributed by atoms with Gasteiger partial charge in [-0.1, -0.05) is 37.3 Å². The van der Waals surface area contributed by atoms with Gasteiger partial charge in [-0.05, 0) is 43.3 Å². The van der Waals surface area contributed by atoms with Gasteiger partial charge in [0, 0.05) is 38.4 Å². The molecule has 1 amide bonds. The van der Waals surface area contributed by atoms with E-state index in [-0.39, 0.29) is 5.91 Å². The normalized spacial score (nSPS) is 16.7. The smallest absolute Gasteiger partial charge is 0.265 e. The van der Waals surface area contributed by atoms with E-state index in [0.29, 0.717) is 5.75 Å². The first-order valence-corrected chi connectivity index (χ1v) is 9.70. The fourth-order valence-electron chi connectivity index (χ4n) is 3.22. The maximum Gasteiger partial charge on any atom is 0.265 e. The van der Waals surface area contributed by atoms with Crippen molar-refractivity contribution in [1.29, 1.82) is 0 Å². The Balaban J connectivity index is 1.48. The lowest BCUT2D eigenvalue weighted by Gasteiger charge is -2.34. The number of hydrogen-bond acceptors (Lipinski definition) is 4. The lowest BCUT2D eigenvalue weighted by atomic mass is 10.1. The summed E-state index contributed by atoms with van der Waals surface area (Å²) in [6, 6.07) is 17.5. The maximum atomic E-state index is 12.3. The van der Waals surface area contributed by atoms with Crippen molar-refractivity contribution in [3.05, 3.63) is 60.2 Å². The summed E-state index contributed by atoms with van der Waals surface area (Å²) in [7, 11) is 0. The third kappa shape index (κ3) is 5.81. The Morgan fingerprint density at radius 3 is 2.26 bits per heavy atom. The molecule has 0 radical (unpaired) electrons. The Bertz CT molecular complexity index is 710. The minimum absolute atomic E-state index is 0.151. The van der Waals surface area contributed by atoms with E-state index in [0.717, 1.165) is 45.0 Å². The van der Waals surface area contributed by atoms with Gasteiger partial charge in [0.25, 0.3) is 5.91 Å². The predicted octanol–water partition coefficient (Wildman–Crippen LogP) is 3.23. The topological polar surface area (TPSA) is 44.8 Å². The van der Waals surface area contributed by atoms with E-state index in [9.17, 15) is 4.79 Å². The van der Waals surface area contributed by atoms with Gasteiger partial charge >= 0.3 is 0 Å². The average Bonchev–Trinajstić information content (AvgIpc) is 2.71. The van der Waals surface area contributed by atoms with E-state index in [4.69, 9.17) is 4.74 Å². The van der Waals surface area contributed by atoms with Gasteiger partial charge in [0.1, 0.15) is 5.75 Å². The molecule has 2 aromatic carbocycles. The number of piperazine rings is 1. The molecule has 1 N–H and O–H groups in total. The summed E-state index contributed by atoms with van der Waals surface area (Å²) in [5.74, 6) is 0.543. The summed E-state index contributed by atoms with van der Waals surface area (Å²) in [6.45, 7) is 10.6. The van der Waals surface area contributed by atoms with Crippen LogP contribution in [0, 0.1) is 0 Å². The summed E-state index contributed by atoms with van der Waals surface area (Å²) in [5.41, 5.74) is 2.06. The predicted molar refractivity (Wildman–Crippen MR) is 109 cm³/mol. The molecule has 1 aliphatic rings. The molecule has 1 saturated heterocycles. The molecule has 1 heterocycles. The molecule has 0 bridgehead atoms. The van der Waals surface area contributed by atoms with Gasteiger partial charge in [0.2, 0.25) is 0 Å². The van der Waals surface area contributed by atoms with Crippen molar-refractivity contribution in [3.63, 3.8) is 0 Å². The van der Waals surface area contributed by atoms with Crippen LogP contribution >= 0.6 is 0 Å². The van der Waals surface area contributed by atoms with Crippen LogP contribution in [0.1, 0.15) is 19.4 Å². The molecule has 1 atom stereocenters. The fraction of sp³-hybridized carbons (Fsp3) is 0.409. The van der Waals surface area contributed by atoms with E-state index in [2.05, 4.69) is 34.2 Å². The first-order chi connectivity index (χ1) is 13.1. The SMILES string of the molecule is CCN1CCN(Cc2ccc(NC(=O)[C@H](C)Oc3ccccc3)cc2)CC1. The number of hydrogen-bond donors (Lipinski definition) is 1. The number of ether oxygens (including phenoxy) is 1. The highest BCUT2D eigenvalue weighted by molar-refractivity contribution is 5.94. The zero-order chi connectivity index (χ0) is 19.1. The van der Waals surface area contributed by atoms with Gasteiger partial charge in [-0.15, -0.1) is 0 Å². The van der Waals surface area contributed by atoms with Gasteiger partial charge in [-0.3, -0.25) is 9.69 Å². The van der Waals surface area contributed by atoms with Crippen molar-refractivity contribution in [2.24, 2.45) is 0 Å². The molecule has 0 saturated carbocycles. The van der Waals surface area contributed by atoms with Crippen molar-refractivity contribution in [2.45, 2.75) is 26.5 Å². The standard InChI is InChI=1S/C22H29N3O2/c1-3-24-13-15-25(16-14-24)17-19-9-11-20(12-10-19)23-22(26)18(2)27-21-7-5-4-6-8-21/h4-12,18H,3,13-17H2,1-2H3,(H,23,26)/t18-/m0/s1. The molecular weight excluding hydrogens is 338 g/mol. The van der Waals surface area contributed by atoms with Crippen molar-refractivity contribution in [2.75, 3.05) is 38.0 Å². The molecular formula is C22H29N3O2. The minimum atomic E-state index is -0.554. The van der Waals surface area contributed by atoms with Crippen LogP contribution in [-0.4, -0.2) is 54.5 Å². The Labute approximate surface area is 161 Å². The largest absolute Gasteiger partial charge is 0.481 e. The molecule has 3 rings (SSSR count). The first-order valence-electron chi connectivity index (χ1n) is 9.70. The zero-order valence-corrected chi connectivity index (χ0v) is 16.2. The molecule has 27 heavy (non-hydrogen) atoms. The number of anilines is 1. The Morgan fingerprint density at radius 1 is 1.00 bits per heavy atom. The summed E-state index contributed by atoms with van der Waals surface area (Å²) < 4.78 is 5.67. The van der Waals surface area contributed by atoms with Gasteiger partial charge in [-0.2, -0.15) is 0 Å². The van der Waals surface area contributed by atoms with E-state index in [1.165, 1.54) is 5.56 Å². The quantitative estimate of drug-likeness (QED) is 0.816. The number of nitrogens with zero attached hydrogens (tertiary/aromatic N) is 2. The lowest BCUT2D eigenvalue weighted by Crippen LogP contribution is -2.45. The lowest BCUT2D eigenvalue weighted by molar-refractivity contribution is -0.122. The van der Waals surface area contributed by atoms with Gasteiger partial charge in [-0.25, -0.2) is 0 Å². The Morgan fingerprint density at radius 2 is 1.63 bits per heavy atom. The average molecular weight is 367 g/mol. The van der Waals surface area contributed by atoms with Crippen LogP contribution in [0.3, 0.4) is 0 Å². The van der Waals surface area contributed by atoms with Crippen LogP contribution in [0.15, 0.2) is 54.6 Å². The molecule has 5 heteroatoms. The van der Waals surface area contributed by atoms with Crippen molar-refractivity contribution in [1.82, 2.24) is 9.80 Å². The van der Waals surface area contributed by atoms with Crippen molar-refractivity contribution in [3.8, 4) is 5.75 Å². The number of benzene rings is 2. The number of para-hydroxylation sites is 1. The van der Waals surface area contributed by atoms with E-state index >= 15 is 0 Å². The molecule has 2 aromatic rings. The first kappa shape index (κ1) is 19.4. The summed E-state index contributed by atoms with van der Waals surface area (Å²) >= 11 is 0. The van der Waals surface area contributed by atoms with E-state index in [1.807, 2.05) is 42.5 Å². The summed E-state index contributed by atoms with van der Waals surface area (Å²) in [4.78, 5) is 17.3. The van der Waals surface area contributed by atoms with Gasteiger partial charge < -0.3 is 15.0 Å².